The van der Waals surface area contributed by atoms with Crippen molar-refractivity contribution in [3.63, 3.8) is 0 Å². The van der Waals surface area contributed by atoms with Gasteiger partial charge in [0.1, 0.15) is 5.75 Å². The zero-order chi connectivity index (χ0) is 20.1. The lowest BCUT2D eigenvalue weighted by Crippen LogP contribution is -2.30. The van der Waals surface area contributed by atoms with E-state index < -0.39 is 11.0 Å². The van der Waals surface area contributed by atoms with Gasteiger partial charge in [-0.3, -0.25) is 14.9 Å². The largest absolute Gasteiger partial charge is 0.481 e. The SMILES string of the molecule is Cc1cc([N+](=O)[O-])ccc1NC(=O)[C@H](C)Oc1ccc(-c2ccccc2)cc1. The van der Waals surface area contributed by atoms with Crippen LogP contribution in [-0.2, 0) is 4.79 Å². The maximum Gasteiger partial charge on any atom is 0.269 e. The van der Waals surface area contributed by atoms with Crippen molar-refractivity contribution in [2.24, 2.45) is 0 Å². The summed E-state index contributed by atoms with van der Waals surface area (Å²) in [5.74, 6) is 0.256. The number of nitro benzene ring substituents is 1. The molecular weight excluding hydrogens is 356 g/mol. The first-order valence-corrected chi connectivity index (χ1v) is 8.82. The van der Waals surface area contributed by atoms with Gasteiger partial charge in [-0.15, -0.1) is 0 Å². The molecule has 0 fully saturated rings. The number of benzene rings is 3. The van der Waals surface area contributed by atoms with E-state index in [2.05, 4.69) is 5.32 Å². The number of nitrogens with one attached hydrogen (secondary N) is 1. The second-order valence-electron chi connectivity index (χ2n) is 6.40. The molecule has 0 spiro atoms. The number of carbonyl (C=O) groups excluding carboxylic acids is 1. The van der Waals surface area contributed by atoms with Gasteiger partial charge in [-0.05, 0) is 48.7 Å². The Kier molecular flexibility index (Phi) is 5.69. The van der Waals surface area contributed by atoms with Crippen LogP contribution < -0.4 is 10.1 Å². The van der Waals surface area contributed by atoms with Crippen molar-refractivity contribution in [2.45, 2.75) is 20.0 Å². The fourth-order valence-electron chi connectivity index (χ4n) is 2.75. The highest BCUT2D eigenvalue weighted by atomic mass is 16.6. The highest BCUT2D eigenvalue weighted by molar-refractivity contribution is 5.94. The molecule has 3 aromatic carbocycles. The zero-order valence-corrected chi connectivity index (χ0v) is 15.6. The molecule has 0 saturated heterocycles. The molecule has 1 N–H and O–H groups in total. The Bertz CT molecular complexity index is 985. The fourth-order valence-corrected chi connectivity index (χ4v) is 2.75. The summed E-state index contributed by atoms with van der Waals surface area (Å²) >= 11 is 0. The summed E-state index contributed by atoms with van der Waals surface area (Å²) in [5.41, 5.74) is 3.28. The number of rotatable bonds is 6. The summed E-state index contributed by atoms with van der Waals surface area (Å²) in [6, 6.07) is 21.8. The van der Waals surface area contributed by atoms with E-state index in [0.29, 0.717) is 17.0 Å². The van der Waals surface area contributed by atoms with Gasteiger partial charge < -0.3 is 10.1 Å². The van der Waals surface area contributed by atoms with E-state index in [9.17, 15) is 14.9 Å². The van der Waals surface area contributed by atoms with E-state index in [0.717, 1.165) is 11.1 Å². The van der Waals surface area contributed by atoms with E-state index in [1.807, 2.05) is 54.6 Å². The average Bonchev–Trinajstić information content (AvgIpc) is 2.70. The second-order valence-corrected chi connectivity index (χ2v) is 6.40. The van der Waals surface area contributed by atoms with Crippen molar-refractivity contribution in [1.29, 1.82) is 0 Å². The van der Waals surface area contributed by atoms with Crippen molar-refractivity contribution in [2.75, 3.05) is 5.32 Å². The minimum absolute atomic E-state index is 0.0155. The summed E-state index contributed by atoms with van der Waals surface area (Å²) < 4.78 is 5.72. The normalized spacial score (nSPS) is 11.5. The monoisotopic (exact) mass is 376 g/mol. The van der Waals surface area contributed by atoms with E-state index in [4.69, 9.17) is 4.74 Å². The van der Waals surface area contributed by atoms with Gasteiger partial charge in [0, 0.05) is 17.8 Å². The molecule has 6 heteroatoms. The van der Waals surface area contributed by atoms with Crippen molar-refractivity contribution in [3.8, 4) is 16.9 Å². The second kappa shape index (κ2) is 8.35. The lowest BCUT2D eigenvalue weighted by atomic mass is 10.1. The van der Waals surface area contributed by atoms with Crippen LogP contribution in [0, 0.1) is 17.0 Å². The highest BCUT2D eigenvalue weighted by Crippen LogP contribution is 2.24. The van der Waals surface area contributed by atoms with Crippen LogP contribution in [0.2, 0.25) is 0 Å². The quantitative estimate of drug-likeness (QED) is 0.486. The molecule has 6 nitrogen and oxygen atoms in total. The van der Waals surface area contributed by atoms with Gasteiger partial charge in [-0.2, -0.15) is 0 Å². The van der Waals surface area contributed by atoms with Crippen LogP contribution in [-0.4, -0.2) is 16.9 Å². The third kappa shape index (κ3) is 4.54. The Labute approximate surface area is 162 Å². The van der Waals surface area contributed by atoms with Gasteiger partial charge >= 0.3 is 0 Å². The Morgan fingerprint density at radius 1 is 1.00 bits per heavy atom. The molecule has 0 aliphatic carbocycles. The molecule has 0 aromatic heterocycles. The van der Waals surface area contributed by atoms with Crippen molar-refractivity contribution in [3.05, 3.63) is 88.5 Å². The number of hydrogen-bond donors (Lipinski definition) is 1. The van der Waals surface area contributed by atoms with E-state index in [-0.39, 0.29) is 11.6 Å². The molecular formula is C22H20N2O4. The van der Waals surface area contributed by atoms with Crippen LogP contribution in [0.25, 0.3) is 11.1 Å². The zero-order valence-electron chi connectivity index (χ0n) is 15.6. The summed E-state index contributed by atoms with van der Waals surface area (Å²) in [6.07, 6.45) is -0.725. The highest BCUT2D eigenvalue weighted by Gasteiger charge is 2.17. The summed E-state index contributed by atoms with van der Waals surface area (Å²) in [7, 11) is 0. The molecule has 0 bridgehead atoms. The molecule has 0 unspecified atom stereocenters. The number of nitrogens with zero attached hydrogens (tertiary/aromatic N) is 1. The van der Waals surface area contributed by atoms with Crippen LogP contribution in [0.3, 0.4) is 0 Å². The first-order chi connectivity index (χ1) is 13.4. The van der Waals surface area contributed by atoms with Crippen molar-refractivity contribution < 1.29 is 14.5 Å². The standard InChI is InChI=1S/C22H20N2O4/c1-15-14-19(24(26)27)10-13-21(15)23-22(25)16(2)28-20-11-8-18(9-12-20)17-6-4-3-5-7-17/h3-14,16H,1-2H3,(H,23,25)/t16-/m0/s1. The first kappa shape index (κ1) is 19.1. The van der Waals surface area contributed by atoms with Gasteiger partial charge in [0.2, 0.25) is 0 Å². The van der Waals surface area contributed by atoms with E-state index >= 15 is 0 Å². The van der Waals surface area contributed by atoms with Crippen LogP contribution in [0.5, 0.6) is 5.75 Å². The van der Waals surface area contributed by atoms with Crippen LogP contribution in [0.4, 0.5) is 11.4 Å². The predicted molar refractivity (Wildman–Crippen MR) is 108 cm³/mol. The number of aryl methyl sites for hydroxylation is 1. The number of anilines is 1. The number of hydrogen-bond acceptors (Lipinski definition) is 4. The average molecular weight is 376 g/mol. The summed E-state index contributed by atoms with van der Waals surface area (Å²) in [4.78, 5) is 22.7. The molecule has 142 valence electrons. The maximum absolute atomic E-state index is 12.4. The molecule has 1 amide bonds. The first-order valence-electron chi connectivity index (χ1n) is 8.82. The smallest absolute Gasteiger partial charge is 0.269 e. The number of ether oxygens (including phenoxy) is 1. The summed E-state index contributed by atoms with van der Waals surface area (Å²) in [6.45, 7) is 3.36. The Morgan fingerprint density at radius 2 is 1.64 bits per heavy atom. The molecule has 0 radical (unpaired) electrons. The predicted octanol–water partition coefficient (Wildman–Crippen LogP) is 4.98. The Hall–Kier alpha value is -3.67. The number of amides is 1. The minimum Gasteiger partial charge on any atom is -0.481 e. The summed E-state index contributed by atoms with van der Waals surface area (Å²) in [5, 5.41) is 13.6. The lowest BCUT2D eigenvalue weighted by Gasteiger charge is -2.16. The number of non-ortho nitro benzene ring substituents is 1. The van der Waals surface area contributed by atoms with E-state index in [1.165, 1.54) is 18.2 Å². The van der Waals surface area contributed by atoms with Crippen LogP contribution >= 0.6 is 0 Å². The molecule has 1 atom stereocenters. The Morgan fingerprint density at radius 3 is 2.25 bits per heavy atom. The van der Waals surface area contributed by atoms with Crippen molar-refractivity contribution in [1.82, 2.24) is 0 Å². The van der Waals surface area contributed by atoms with E-state index in [1.54, 1.807) is 13.8 Å². The molecule has 3 rings (SSSR count). The topological polar surface area (TPSA) is 81.5 Å². The lowest BCUT2D eigenvalue weighted by molar-refractivity contribution is -0.384. The van der Waals surface area contributed by atoms with Crippen LogP contribution in [0.15, 0.2) is 72.8 Å². The van der Waals surface area contributed by atoms with Crippen molar-refractivity contribution >= 4 is 17.3 Å². The minimum atomic E-state index is -0.725. The third-order valence-electron chi connectivity index (χ3n) is 4.32. The molecule has 0 aliphatic rings. The molecule has 0 saturated carbocycles. The number of carbonyl (C=O) groups is 1. The molecule has 3 aromatic rings. The van der Waals surface area contributed by atoms with Gasteiger partial charge in [0.25, 0.3) is 11.6 Å². The Balaban J connectivity index is 1.63. The van der Waals surface area contributed by atoms with Crippen LogP contribution in [0.1, 0.15) is 12.5 Å². The van der Waals surface area contributed by atoms with Gasteiger partial charge in [0.05, 0.1) is 4.92 Å². The fraction of sp³-hybridized carbons (Fsp3) is 0.136. The van der Waals surface area contributed by atoms with Gasteiger partial charge in [-0.1, -0.05) is 42.5 Å². The van der Waals surface area contributed by atoms with Gasteiger partial charge in [-0.25, -0.2) is 0 Å². The molecule has 0 aliphatic heterocycles. The molecule has 0 heterocycles. The number of nitro groups is 1. The third-order valence-corrected chi connectivity index (χ3v) is 4.32. The van der Waals surface area contributed by atoms with Gasteiger partial charge in [0.15, 0.2) is 6.10 Å². The maximum atomic E-state index is 12.4. The molecule has 28 heavy (non-hydrogen) atoms.